The number of imidazole rings is 1. The summed E-state index contributed by atoms with van der Waals surface area (Å²) >= 11 is 0. The lowest BCUT2D eigenvalue weighted by atomic mass is 10.1. The second-order valence-electron chi connectivity index (χ2n) is 4.99. The summed E-state index contributed by atoms with van der Waals surface area (Å²) in [6, 6.07) is 9.09. The van der Waals surface area contributed by atoms with E-state index < -0.39 is 5.97 Å². The number of aryl methyl sites for hydroxylation is 1. The van der Waals surface area contributed by atoms with Crippen LogP contribution in [0.3, 0.4) is 0 Å². The maximum Gasteiger partial charge on any atom is 0.335 e. The summed E-state index contributed by atoms with van der Waals surface area (Å²) in [7, 11) is 0. The first-order valence-corrected chi connectivity index (χ1v) is 6.69. The monoisotopic (exact) mass is 281 g/mol. The van der Waals surface area contributed by atoms with E-state index in [1.165, 1.54) is 0 Å². The van der Waals surface area contributed by atoms with Gasteiger partial charge in [0.2, 0.25) is 0 Å². The van der Waals surface area contributed by atoms with E-state index in [2.05, 4.69) is 21.5 Å². The minimum atomic E-state index is -0.939. The molecule has 0 radical (unpaired) electrons. The molecule has 1 atom stereocenters. The molecule has 2 aromatic heterocycles. The highest BCUT2D eigenvalue weighted by atomic mass is 16.4. The maximum atomic E-state index is 11.1. The molecule has 21 heavy (non-hydrogen) atoms. The summed E-state index contributed by atoms with van der Waals surface area (Å²) in [5.74, 6) is -0.0804. The van der Waals surface area contributed by atoms with E-state index in [0.717, 1.165) is 16.9 Å². The van der Waals surface area contributed by atoms with Gasteiger partial charge in [-0.1, -0.05) is 0 Å². The minimum absolute atomic E-state index is 0.105. The van der Waals surface area contributed by atoms with Gasteiger partial charge >= 0.3 is 5.97 Å². The zero-order chi connectivity index (χ0) is 15.0. The Kier molecular flexibility index (Phi) is 3.17. The van der Waals surface area contributed by atoms with Gasteiger partial charge in [0.15, 0.2) is 0 Å². The number of carboxylic acid groups (broad SMARTS) is 1. The highest BCUT2D eigenvalue weighted by Gasteiger charge is 2.16. The Morgan fingerprint density at radius 3 is 2.62 bits per heavy atom. The number of hydrogen-bond donors (Lipinski definition) is 1. The van der Waals surface area contributed by atoms with Gasteiger partial charge in [-0.25, -0.2) is 9.78 Å². The first-order chi connectivity index (χ1) is 10.1. The first-order valence-electron chi connectivity index (χ1n) is 6.69. The zero-order valence-corrected chi connectivity index (χ0v) is 11.8. The van der Waals surface area contributed by atoms with Gasteiger partial charge in [-0.05, 0) is 49.7 Å². The molecule has 5 nitrogen and oxygen atoms in total. The van der Waals surface area contributed by atoms with Crippen molar-refractivity contribution in [2.24, 2.45) is 0 Å². The molecule has 106 valence electrons. The number of nitrogens with zero attached hydrogens (tertiary/aromatic N) is 3. The Morgan fingerprint density at radius 1 is 1.24 bits per heavy atom. The van der Waals surface area contributed by atoms with Gasteiger partial charge in [-0.3, -0.25) is 4.98 Å². The third-order valence-electron chi connectivity index (χ3n) is 3.69. The molecule has 1 aromatic carbocycles. The molecule has 0 spiro atoms. The van der Waals surface area contributed by atoms with Crippen molar-refractivity contribution in [3.05, 3.63) is 59.7 Å². The molecule has 1 unspecified atom stereocenters. The fourth-order valence-electron chi connectivity index (χ4n) is 2.63. The second-order valence-corrected chi connectivity index (χ2v) is 4.99. The van der Waals surface area contributed by atoms with Gasteiger partial charge in [-0.15, -0.1) is 0 Å². The van der Waals surface area contributed by atoms with E-state index in [-0.39, 0.29) is 11.6 Å². The number of carbonyl (C=O) groups is 1. The average molecular weight is 281 g/mol. The molecule has 0 amide bonds. The lowest BCUT2D eigenvalue weighted by Gasteiger charge is -2.16. The lowest BCUT2D eigenvalue weighted by Crippen LogP contribution is -2.08. The summed E-state index contributed by atoms with van der Waals surface area (Å²) in [6.07, 6.45) is 3.53. The molecule has 0 bridgehead atoms. The lowest BCUT2D eigenvalue weighted by molar-refractivity contribution is 0.0697. The molecule has 0 fully saturated rings. The van der Waals surface area contributed by atoms with Crippen LogP contribution in [0.2, 0.25) is 0 Å². The molecule has 3 aromatic rings. The Hall–Kier alpha value is -2.69. The molecular weight excluding hydrogens is 266 g/mol. The van der Waals surface area contributed by atoms with Crippen LogP contribution in [0.15, 0.2) is 42.7 Å². The molecule has 1 N–H and O–H groups in total. The number of pyridine rings is 1. The Balaban J connectivity index is 2.15. The van der Waals surface area contributed by atoms with Crippen LogP contribution in [0.25, 0.3) is 11.0 Å². The number of aromatic nitrogens is 3. The molecule has 5 heteroatoms. The quantitative estimate of drug-likeness (QED) is 0.801. The van der Waals surface area contributed by atoms with E-state index in [9.17, 15) is 4.79 Å². The van der Waals surface area contributed by atoms with Crippen LogP contribution in [0.1, 0.15) is 34.7 Å². The summed E-state index contributed by atoms with van der Waals surface area (Å²) in [6.45, 7) is 4.02. The van der Waals surface area contributed by atoms with Gasteiger partial charge < -0.3 is 9.67 Å². The smallest absolute Gasteiger partial charge is 0.335 e. The molecular formula is C16H15N3O2. The van der Waals surface area contributed by atoms with Crippen molar-refractivity contribution in [1.29, 1.82) is 0 Å². The van der Waals surface area contributed by atoms with Crippen LogP contribution in [-0.4, -0.2) is 25.6 Å². The normalized spacial score (nSPS) is 12.5. The third-order valence-corrected chi connectivity index (χ3v) is 3.69. The molecule has 0 aliphatic heterocycles. The summed E-state index contributed by atoms with van der Waals surface area (Å²) < 4.78 is 2.11. The Morgan fingerprint density at radius 2 is 1.95 bits per heavy atom. The molecule has 0 aliphatic carbocycles. The molecule has 0 saturated carbocycles. The number of benzene rings is 1. The predicted octanol–water partition coefficient (Wildman–Crippen LogP) is 3.05. The highest BCUT2D eigenvalue weighted by Crippen LogP contribution is 2.26. The van der Waals surface area contributed by atoms with Gasteiger partial charge in [-0.2, -0.15) is 0 Å². The van der Waals surface area contributed by atoms with Crippen molar-refractivity contribution in [2.45, 2.75) is 19.9 Å². The van der Waals surface area contributed by atoms with Crippen LogP contribution < -0.4 is 0 Å². The second kappa shape index (κ2) is 5.01. The average Bonchev–Trinajstić information content (AvgIpc) is 2.82. The van der Waals surface area contributed by atoms with Crippen LogP contribution in [0, 0.1) is 6.92 Å². The molecule has 0 aliphatic rings. The zero-order valence-electron chi connectivity index (χ0n) is 11.8. The van der Waals surface area contributed by atoms with Crippen molar-refractivity contribution in [3.8, 4) is 0 Å². The van der Waals surface area contributed by atoms with Crippen molar-refractivity contribution >= 4 is 17.0 Å². The van der Waals surface area contributed by atoms with Gasteiger partial charge in [0.05, 0.1) is 22.6 Å². The first kappa shape index (κ1) is 13.3. The third kappa shape index (κ3) is 2.27. The summed E-state index contributed by atoms with van der Waals surface area (Å²) in [5.41, 5.74) is 3.02. The SMILES string of the molecule is Cc1nc2cc(C(=O)O)ccc2n1C(C)c1ccncc1. The molecule has 3 rings (SSSR count). The maximum absolute atomic E-state index is 11.1. The van der Waals surface area contributed by atoms with Crippen molar-refractivity contribution < 1.29 is 9.90 Å². The van der Waals surface area contributed by atoms with E-state index in [4.69, 9.17) is 5.11 Å². The van der Waals surface area contributed by atoms with Gasteiger partial charge in [0.1, 0.15) is 5.82 Å². The molecule has 2 heterocycles. The summed E-state index contributed by atoms with van der Waals surface area (Å²) in [4.78, 5) is 19.6. The predicted molar refractivity (Wildman–Crippen MR) is 79.5 cm³/mol. The number of fused-ring (bicyclic) bond motifs is 1. The van der Waals surface area contributed by atoms with Crippen LogP contribution in [0.5, 0.6) is 0 Å². The van der Waals surface area contributed by atoms with Crippen LogP contribution in [-0.2, 0) is 0 Å². The van der Waals surface area contributed by atoms with Gasteiger partial charge in [0, 0.05) is 12.4 Å². The van der Waals surface area contributed by atoms with E-state index >= 15 is 0 Å². The summed E-state index contributed by atoms with van der Waals surface area (Å²) in [5, 5.41) is 9.07. The van der Waals surface area contributed by atoms with Crippen LogP contribution in [0.4, 0.5) is 0 Å². The number of aromatic carboxylic acids is 1. The fraction of sp³-hybridized carbons (Fsp3) is 0.188. The fourth-order valence-corrected chi connectivity index (χ4v) is 2.63. The van der Waals surface area contributed by atoms with Crippen molar-refractivity contribution in [2.75, 3.05) is 0 Å². The Bertz CT molecular complexity index is 809. The van der Waals surface area contributed by atoms with Crippen LogP contribution >= 0.6 is 0 Å². The van der Waals surface area contributed by atoms with Crippen molar-refractivity contribution in [3.63, 3.8) is 0 Å². The number of carboxylic acids is 1. The number of hydrogen-bond acceptors (Lipinski definition) is 3. The number of rotatable bonds is 3. The topological polar surface area (TPSA) is 68.0 Å². The van der Waals surface area contributed by atoms with E-state index in [0.29, 0.717) is 5.52 Å². The standard InChI is InChI=1S/C16H15N3O2/c1-10(12-5-7-17-8-6-12)19-11(2)18-14-9-13(16(20)21)3-4-15(14)19/h3-10H,1-2H3,(H,20,21). The van der Waals surface area contributed by atoms with E-state index in [1.807, 2.05) is 25.1 Å². The Labute approximate surface area is 121 Å². The van der Waals surface area contributed by atoms with E-state index in [1.54, 1.807) is 24.5 Å². The minimum Gasteiger partial charge on any atom is -0.478 e. The van der Waals surface area contributed by atoms with Gasteiger partial charge in [0.25, 0.3) is 0 Å². The highest BCUT2D eigenvalue weighted by molar-refractivity contribution is 5.92. The molecule has 0 saturated heterocycles. The van der Waals surface area contributed by atoms with Crippen molar-refractivity contribution in [1.82, 2.24) is 14.5 Å². The largest absolute Gasteiger partial charge is 0.478 e.